The zero-order chi connectivity index (χ0) is 11.5. The second kappa shape index (κ2) is 4.83. The lowest BCUT2D eigenvalue weighted by Gasteiger charge is -2.31. The molecule has 1 aliphatic heterocycles. The topological polar surface area (TPSA) is 21.3 Å². The number of hydrogen-bond acceptors (Lipinski definition) is 2. The predicted octanol–water partition coefficient (Wildman–Crippen LogP) is 3.04. The van der Waals surface area contributed by atoms with E-state index in [1.165, 1.54) is 6.07 Å². The van der Waals surface area contributed by atoms with Gasteiger partial charge in [-0.15, -0.1) is 0 Å². The summed E-state index contributed by atoms with van der Waals surface area (Å²) >= 11 is 0. The maximum atomic E-state index is 13.2. The van der Waals surface area contributed by atoms with E-state index in [-0.39, 0.29) is 18.0 Å². The smallest absolute Gasteiger partial charge is 0.124 e. The molecule has 1 aliphatic rings. The minimum Gasteiger partial charge on any atom is -0.490 e. The predicted molar refractivity (Wildman–Crippen MR) is 62.1 cm³/mol. The molecular weight excluding hydrogens is 205 g/mol. The lowest BCUT2D eigenvalue weighted by Crippen LogP contribution is -2.31. The van der Waals surface area contributed by atoms with Crippen molar-refractivity contribution < 1.29 is 9.13 Å². The fourth-order valence-electron chi connectivity index (χ4n) is 2.13. The summed E-state index contributed by atoms with van der Waals surface area (Å²) < 4.78 is 18.9. The monoisotopic (exact) mass is 223 g/mol. The number of hydrogen-bond donors (Lipinski definition) is 1. The van der Waals surface area contributed by atoms with Crippen LogP contribution in [0, 0.1) is 5.82 Å². The lowest BCUT2D eigenvalue weighted by molar-refractivity contribution is 0.166. The van der Waals surface area contributed by atoms with Crippen LogP contribution in [0.15, 0.2) is 18.2 Å². The molecule has 1 aromatic carbocycles. The summed E-state index contributed by atoms with van der Waals surface area (Å²) in [4.78, 5) is 0. The molecule has 88 valence electrons. The molecule has 0 saturated heterocycles. The summed E-state index contributed by atoms with van der Waals surface area (Å²) in [5.41, 5.74) is 0.951. The van der Waals surface area contributed by atoms with E-state index in [9.17, 15) is 4.39 Å². The Balaban J connectivity index is 2.24. The zero-order valence-electron chi connectivity index (χ0n) is 9.79. The van der Waals surface area contributed by atoms with Gasteiger partial charge in [-0.1, -0.05) is 6.92 Å². The second-order valence-corrected chi connectivity index (χ2v) is 4.35. The maximum absolute atomic E-state index is 13.2. The average molecular weight is 223 g/mol. The summed E-state index contributed by atoms with van der Waals surface area (Å²) in [6, 6.07) is 4.97. The summed E-state index contributed by atoms with van der Waals surface area (Å²) in [5, 5.41) is 3.44. The second-order valence-electron chi connectivity index (χ2n) is 4.35. The van der Waals surface area contributed by atoms with Gasteiger partial charge in [0.2, 0.25) is 0 Å². The Morgan fingerprint density at radius 3 is 3.06 bits per heavy atom. The van der Waals surface area contributed by atoms with Gasteiger partial charge in [-0.2, -0.15) is 0 Å². The van der Waals surface area contributed by atoms with Gasteiger partial charge in [0.05, 0.1) is 6.10 Å². The van der Waals surface area contributed by atoms with Gasteiger partial charge in [0.15, 0.2) is 0 Å². The molecule has 2 unspecified atom stereocenters. The van der Waals surface area contributed by atoms with E-state index in [0.29, 0.717) is 0 Å². The molecule has 0 fully saturated rings. The van der Waals surface area contributed by atoms with Crippen molar-refractivity contribution in [2.24, 2.45) is 0 Å². The maximum Gasteiger partial charge on any atom is 0.124 e. The van der Waals surface area contributed by atoms with Crippen LogP contribution in [0.3, 0.4) is 0 Å². The van der Waals surface area contributed by atoms with E-state index in [2.05, 4.69) is 12.2 Å². The minimum absolute atomic E-state index is 0.187. The highest BCUT2D eigenvalue weighted by atomic mass is 19.1. The summed E-state index contributed by atoms with van der Waals surface area (Å²) in [7, 11) is 0. The van der Waals surface area contributed by atoms with Crippen LogP contribution in [-0.2, 0) is 0 Å². The minimum atomic E-state index is -0.194. The molecule has 0 spiro atoms. The first kappa shape index (κ1) is 11.4. The Labute approximate surface area is 95.8 Å². The summed E-state index contributed by atoms with van der Waals surface area (Å²) in [6.07, 6.45) is 2.17. The molecule has 1 heterocycles. The van der Waals surface area contributed by atoms with Crippen molar-refractivity contribution in [3.05, 3.63) is 29.6 Å². The number of nitrogens with one attached hydrogen (secondary N) is 1. The van der Waals surface area contributed by atoms with Crippen LogP contribution in [0.1, 0.15) is 38.3 Å². The van der Waals surface area contributed by atoms with Crippen LogP contribution >= 0.6 is 0 Å². The highest BCUT2D eigenvalue weighted by Crippen LogP contribution is 2.34. The molecule has 3 heteroatoms. The molecule has 2 atom stereocenters. The summed E-state index contributed by atoms with van der Waals surface area (Å²) in [5.74, 6) is 0.619. The molecule has 1 aromatic rings. The van der Waals surface area contributed by atoms with Gasteiger partial charge in [-0.05, 0) is 38.1 Å². The van der Waals surface area contributed by atoms with E-state index < -0.39 is 0 Å². The first-order chi connectivity index (χ1) is 7.70. The highest BCUT2D eigenvalue weighted by molar-refractivity contribution is 5.38. The highest BCUT2D eigenvalue weighted by Gasteiger charge is 2.25. The molecule has 0 aromatic heterocycles. The third-order valence-corrected chi connectivity index (χ3v) is 2.88. The van der Waals surface area contributed by atoms with Crippen LogP contribution < -0.4 is 10.1 Å². The Bertz CT molecular complexity index is 367. The first-order valence-electron chi connectivity index (χ1n) is 5.90. The van der Waals surface area contributed by atoms with Gasteiger partial charge in [0, 0.05) is 18.0 Å². The fraction of sp³-hybridized carbons (Fsp3) is 0.538. The van der Waals surface area contributed by atoms with Gasteiger partial charge >= 0.3 is 0 Å². The molecule has 2 nitrogen and oxygen atoms in total. The van der Waals surface area contributed by atoms with E-state index in [4.69, 9.17) is 4.74 Å². The molecule has 2 rings (SSSR count). The quantitative estimate of drug-likeness (QED) is 0.850. The zero-order valence-corrected chi connectivity index (χ0v) is 9.79. The van der Waals surface area contributed by atoms with Crippen molar-refractivity contribution >= 4 is 0 Å². The molecule has 0 saturated carbocycles. The van der Waals surface area contributed by atoms with Gasteiger partial charge in [-0.3, -0.25) is 0 Å². The van der Waals surface area contributed by atoms with Crippen LogP contribution in [0.5, 0.6) is 5.75 Å². The number of fused-ring (bicyclic) bond motifs is 1. The molecule has 16 heavy (non-hydrogen) atoms. The number of ether oxygens (including phenoxy) is 1. The van der Waals surface area contributed by atoms with Crippen LogP contribution in [-0.4, -0.2) is 12.6 Å². The van der Waals surface area contributed by atoms with Crippen LogP contribution in [0.2, 0.25) is 0 Å². The van der Waals surface area contributed by atoms with Crippen molar-refractivity contribution in [2.45, 2.75) is 38.8 Å². The van der Waals surface area contributed by atoms with Crippen LogP contribution in [0.25, 0.3) is 0 Å². The van der Waals surface area contributed by atoms with Crippen molar-refractivity contribution in [3.63, 3.8) is 0 Å². The number of rotatable bonds is 3. The molecule has 0 bridgehead atoms. The Kier molecular flexibility index (Phi) is 3.44. The molecule has 0 aliphatic carbocycles. The molecule has 0 amide bonds. The van der Waals surface area contributed by atoms with E-state index in [1.807, 2.05) is 6.92 Å². The van der Waals surface area contributed by atoms with E-state index in [0.717, 1.165) is 30.7 Å². The Morgan fingerprint density at radius 1 is 1.50 bits per heavy atom. The third-order valence-electron chi connectivity index (χ3n) is 2.88. The first-order valence-corrected chi connectivity index (χ1v) is 5.90. The van der Waals surface area contributed by atoms with Gasteiger partial charge in [-0.25, -0.2) is 4.39 Å². The van der Waals surface area contributed by atoms with Gasteiger partial charge < -0.3 is 10.1 Å². The lowest BCUT2D eigenvalue weighted by atomic mass is 9.97. The van der Waals surface area contributed by atoms with E-state index in [1.54, 1.807) is 12.1 Å². The third kappa shape index (κ3) is 2.35. The standard InChI is InChI=1S/C13H18FNO/c1-3-6-15-12-7-9(2)16-13-5-4-10(14)8-11(12)13/h4-5,8-9,12,15H,3,6-7H2,1-2H3. The van der Waals surface area contributed by atoms with Gasteiger partial charge in [0.1, 0.15) is 11.6 Å². The summed E-state index contributed by atoms with van der Waals surface area (Å²) in [6.45, 7) is 5.13. The molecule has 1 N–H and O–H groups in total. The Morgan fingerprint density at radius 2 is 2.31 bits per heavy atom. The molecular formula is C13H18FNO. The average Bonchev–Trinajstić information content (AvgIpc) is 2.26. The van der Waals surface area contributed by atoms with Crippen molar-refractivity contribution in [2.75, 3.05) is 6.54 Å². The molecule has 0 radical (unpaired) electrons. The van der Waals surface area contributed by atoms with Crippen LogP contribution in [0.4, 0.5) is 4.39 Å². The SMILES string of the molecule is CCCNC1CC(C)Oc2ccc(F)cc21. The Hall–Kier alpha value is -1.09. The van der Waals surface area contributed by atoms with Crippen molar-refractivity contribution in [1.29, 1.82) is 0 Å². The number of benzene rings is 1. The van der Waals surface area contributed by atoms with Crippen molar-refractivity contribution in [1.82, 2.24) is 5.32 Å². The van der Waals surface area contributed by atoms with E-state index >= 15 is 0 Å². The van der Waals surface area contributed by atoms with Gasteiger partial charge in [0.25, 0.3) is 0 Å². The fourth-order valence-corrected chi connectivity index (χ4v) is 2.13. The number of halogens is 1. The normalized spacial score (nSPS) is 23.7. The largest absolute Gasteiger partial charge is 0.490 e. The van der Waals surface area contributed by atoms with Crippen molar-refractivity contribution in [3.8, 4) is 5.75 Å².